The number of para-hydroxylation sites is 1. The third-order valence-electron chi connectivity index (χ3n) is 7.67. The van der Waals surface area contributed by atoms with Crippen molar-refractivity contribution in [2.75, 3.05) is 17.6 Å². The molecule has 4 aromatic rings. The van der Waals surface area contributed by atoms with Crippen molar-refractivity contribution < 1.29 is 24.2 Å². The Morgan fingerprint density at radius 2 is 1.80 bits per heavy atom. The Morgan fingerprint density at radius 3 is 2.57 bits per heavy atom. The number of benzene rings is 3. The van der Waals surface area contributed by atoms with Gasteiger partial charge in [-0.2, -0.15) is 0 Å². The van der Waals surface area contributed by atoms with Crippen LogP contribution in [0.4, 0.5) is 5.69 Å². The van der Waals surface area contributed by atoms with Gasteiger partial charge in [0.15, 0.2) is 10.6 Å². The van der Waals surface area contributed by atoms with Crippen LogP contribution in [0.2, 0.25) is 0 Å². The third kappa shape index (κ3) is 8.67. The van der Waals surface area contributed by atoms with Crippen molar-refractivity contribution in [3.05, 3.63) is 89.5 Å². The van der Waals surface area contributed by atoms with Crippen molar-refractivity contribution in [3.8, 4) is 0 Å². The number of aliphatic hydroxyl groups excluding tert-OH is 1. The van der Waals surface area contributed by atoms with Gasteiger partial charge in [0, 0.05) is 42.8 Å². The van der Waals surface area contributed by atoms with Crippen molar-refractivity contribution in [1.82, 2.24) is 10.3 Å². The van der Waals surface area contributed by atoms with Gasteiger partial charge in [0.1, 0.15) is 0 Å². The smallest absolute Gasteiger partial charge is 0.224 e. The van der Waals surface area contributed by atoms with E-state index in [0.717, 1.165) is 45.8 Å². The highest BCUT2D eigenvalue weighted by Gasteiger charge is 2.38. The summed E-state index contributed by atoms with van der Waals surface area (Å²) in [5.74, 6) is 0.686. The quantitative estimate of drug-likeness (QED) is 0.107. The fourth-order valence-corrected chi connectivity index (χ4v) is 7.47. The van der Waals surface area contributed by atoms with E-state index in [9.17, 15) is 14.7 Å². The fourth-order valence-electron chi connectivity index (χ4n) is 5.21. The lowest BCUT2D eigenvalue weighted by Crippen LogP contribution is -2.38. The molecule has 1 fully saturated rings. The van der Waals surface area contributed by atoms with Crippen LogP contribution in [0, 0.1) is 5.92 Å². The Bertz CT molecular complexity index is 1510. The predicted octanol–water partition coefficient (Wildman–Crippen LogP) is 7.01. The zero-order valence-corrected chi connectivity index (χ0v) is 26.7. The molecule has 1 aliphatic rings. The van der Waals surface area contributed by atoms with Gasteiger partial charge in [-0.05, 0) is 48.2 Å². The SMILES string of the molecule is CC(=O)NCCCCCC(=O)Nc1cccc([C@@H]2O[C@H](CSc3nc4ccccc4s3)[C@H](C)[C@H](c3ccc(CO)cc3)O2)c1. The minimum atomic E-state index is -0.625. The molecular formula is C34H39N3O5S2. The van der Waals surface area contributed by atoms with Gasteiger partial charge < -0.3 is 25.2 Å². The molecule has 0 unspecified atom stereocenters. The van der Waals surface area contributed by atoms with Crippen LogP contribution in [0.1, 0.15) is 68.6 Å². The molecule has 232 valence electrons. The summed E-state index contributed by atoms with van der Waals surface area (Å²) in [4.78, 5) is 28.4. The summed E-state index contributed by atoms with van der Waals surface area (Å²) < 4.78 is 15.4. The second-order valence-electron chi connectivity index (χ2n) is 11.0. The summed E-state index contributed by atoms with van der Waals surface area (Å²) in [7, 11) is 0. The van der Waals surface area contributed by atoms with E-state index in [1.165, 1.54) is 11.6 Å². The number of hydrogen-bond acceptors (Lipinski definition) is 8. The number of thioether (sulfide) groups is 1. The Hall–Kier alpha value is -3.28. The number of thiazole rings is 1. The Morgan fingerprint density at radius 1 is 0.977 bits per heavy atom. The third-order valence-corrected chi connectivity index (χ3v) is 9.93. The number of aromatic nitrogens is 1. The Labute approximate surface area is 266 Å². The zero-order chi connectivity index (χ0) is 30.9. The molecular weight excluding hydrogens is 595 g/mol. The van der Waals surface area contributed by atoms with Crippen LogP contribution in [0.5, 0.6) is 0 Å². The van der Waals surface area contributed by atoms with Gasteiger partial charge in [-0.15, -0.1) is 11.3 Å². The van der Waals surface area contributed by atoms with Crippen molar-refractivity contribution in [2.45, 2.75) is 69.0 Å². The van der Waals surface area contributed by atoms with E-state index in [1.54, 1.807) is 23.1 Å². The maximum absolute atomic E-state index is 12.6. The number of unbranched alkanes of at least 4 members (excludes halogenated alkanes) is 2. The van der Waals surface area contributed by atoms with E-state index < -0.39 is 6.29 Å². The molecule has 0 aliphatic carbocycles. The highest BCUT2D eigenvalue weighted by Crippen LogP contribution is 2.43. The minimum absolute atomic E-state index is 0.00981. The minimum Gasteiger partial charge on any atom is -0.392 e. The number of rotatable bonds is 13. The molecule has 2 heterocycles. The number of nitrogens with zero attached hydrogens (tertiary/aromatic N) is 1. The molecule has 0 bridgehead atoms. The van der Waals surface area contributed by atoms with E-state index in [0.29, 0.717) is 24.4 Å². The van der Waals surface area contributed by atoms with Crippen LogP contribution in [-0.4, -0.2) is 40.3 Å². The number of carbonyl (C=O) groups excluding carboxylic acids is 2. The van der Waals surface area contributed by atoms with Crippen LogP contribution >= 0.6 is 23.1 Å². The molecule has 4 atom stereocenters. The fraction of sp³-hybridized carbons (Fsp3) is 0.382. The summed E-state index contributed by atoms with van der Waals surface area (Å²) in [6.45, 7) is 4.28. The predicted molar refractivity (Wildman–Crippen MR) is 176 cm³/mol. The van der Waals surface area contributed by atoms with Crippen LogP contribution in [0.15, 0.2) is 77.1 Å². The summed E-state index contributed by atoms with van der Waals surface area (Å²) in [5.41, 5.74) is 4.41. The number of hydrogen-bond donors (Lipinski definition) is 3. The standard InChI is InChI=1S/C34H39N3O5S2/c1-22-29(21-43-34-37-28-11-5-6-12-30(28)44-34)41-33(42-32(22)25-16-14-24(20-38)15-17-25)26-9-8-10-27(19-26)36-31(40)13-4-3-7-18-35-23(2)39/h5-6,8-12,14-17,19,22,29,32-33,38H,3-4,7,13,18,20-21H2,1-2H3,(H,35,39)(H,36,40)/t22-,29+,32+,33+/m0/s1. The van der Waals surface area contributed by atoms with Crippen molar-refractivity contribution in [3.63, 3.8) is 0 Å². The number of fused-ring (bicyclic) bond motifs is 1. The van der Waals surface area contributed by atoms with Gasteiger partial charge in [0.05, 0.1) is 29.0 Å². The second kappa shape index (κ2) is 15.6. The summed E-state index contributed by atoms with van der Waals surface area (Å²) in [6.07, 6.45) is 1.91. The second-order valence-corrected chi connectivity index (χ2v) is 13.3. The molecule has 0 radical (unpaired) electrons. The van der Waals surface area contributed by atoms with Crippen LogP contribution < -0.4 is 10.6 Å². The number of ether oxygens (including phenoxy) is 2. The molecule has 1 saturated heterocycles. The van der Waals surface area contributed by atoms with Gasteiger partial charge in [-0.3, -0.25) is 9.59 Å². The maximum atomic E-state index is 12.6. The zero-order valence-electron chi connectivity index (χ0n) is 25.0. The summed E-state index contributed by atoms with van der Waals surface area (Å²) in [5, 5.41) is 15.3. The first kappa shape index (κ1) is 32.1. The van der Waals surface area contributed by atoms with Gasteiger partial charge in [0.2, 0.25) is 11.8 Å². The van der Waals surface area contributed by atoms with Crippen molar-refractivity contribution >= 4 is 50.8 Å². The molecule has 44 heavy (non-hydrogen) atoms. The van der Waals surface area contributed by atoms with E-state index in [2.05, 4.69) is 23.6 Å². The van der Waals surface area contributed by atoms with Crippen molar-refractivity contribution in [1.29, 1.82) is 0 Å². The Balaban J connectivity index is 1.27. The molecule has 5 rings (SSSR count). The topological polar surface area (TPSA) is 110 Å². The molecule has 3 N–H and O–H groups in total. The molecule has 1 aromatic heterocycles. The summed E-state index contributed by atoms with van der Waals surface area (Å²) in [6, 6.07) is 23.7. The van der Waals surface area contributed by atoms with Crippen LogP contribution in [0.25, 0.3) is 10.2 Å². The first-order chi connectivity index (χ1) is 21.4. The first-order valence-electron chi connectivity index (χ1n) is 15.0. The number of carbonyl (C=O) groups is 2. The number of anilines is 1. The molecule has 2 amide bonds. The van der Waals surface area contributed by atoms with Crippen LogP contribution in [0.3, 0.4) is 0 Å². The highest BCUT2D eigenvalue weighted by molar-refractivity contribution is 8.01. The van der Waals surface area contributed by atoms with Gasteiger partial charge in [-0.25, -0.2) is 4.98 Å². The lowest BCUT2D eigenvalue weighted by atomic mass is 9.91. The molecule has 1 aliphatic heterocycles. The van der Waals surface area contributed by atoms with E-state index >= 15 is 0 Å². The average Bonchev–Trinajstić information content (AvgIpc) is 3.45. The molecule has 0 spiro atoms. The van der Waals surface area contributed by atoms with Gasteiger partial charge in [-0.1, -0.05) is 73.6 Å². The monoisotopic (exact) mass is 633 g/mol. The van der Waals surface area contributed by atoms with Crippen LogP contribution in [-0.2, 0) is 25.7 Å². The number of amides is 2. The first-order valence-corrected chi connectivity index (χ1v) is 16.8. The molecule has 8 nitrogen and oxygen atoms in total. The average molecular weight is 634 g/mol. The van der Waals surface area contributed by atoms with E-state index in [4.69, 9.17) is 14.5 Å². The van der Waals surface area contributed by atoms with Gasteiger partial charge >= 0.3 is 0 Å². The normalized spacial score (nSPS) is 20.0. The molecule has 3 aromatic carbocycles. The van der Waals surface area contributed by atoms with Gasteiger partial charge in [0.25, 0.3) is 0 Å². The molecule has 10 heteroatoms. The number of nitrogens with one attached hydrogen (secondary N) is 2. The summed E-state index contributed by atoms with van der Waals surface area (Å²) >= 11 is 3.39. The van der Waals surface area contributed by atoms with E-state index in [1.807, 2.05) is 66.7 Å². The number of aliphatic hydroxyl groups is 1. The Kier molecular flexibility index (Phi) is 11.4. The maximum Gasteiger partial charge on any atom is 0.224 e. The lowest BCUT2D eigenvalue weighted by Gasteiger charge is -2.41. The van der Waals surface area contributed by atoms with E-state index in [-0.39, 0.29) is 36.5 Å². The lowest BCUT2D eigenvalue weighted by molar-refractivity contribution is -0.268. The highest BCUT2D eigenvalue weighted by atomic mass is 32.2. The van der Waals surface area contributed by atoms with Crippen molar-refractivity contribution in [2.24, 2.45) is 5.92 Å². The molecule has 0 saturated carbocycles. The largest absolute Gasteiger partial charge is 0.392 e.